The van der Waals surface area contributed by atoms with Crippen LogP contribution in [0.15, 0.2) is 42.7 Å². The standard InChI is InChI=1S/C21H30N6O/c1-4-25(16-18-6-8-19(9-7-18)24(2)3)17-20(28)26-12-14-27(15-13-26)21-22-10-5-11-23-21/h5-11H,4,12-17H2,1-3H3. The van der Waals surface area contributed by atoms with Crippen molar-refractivity contribution >= 4 is 17.5 Å². The molecule has 3 rings (SSSR count). The summed E-state index contributed by atoms with van der Waals surface area (Å²) >= 11 is 0. The zero-order chi connectivity index (χ0) is 19.9. The van der Waals surface area contributed by atoms with Crippen LogP contribution in [-0.4, -0.2) is 79.0 Å². The summed E-state index contributed by atoms with van der Waals surface area (Å²) in [5.41, 5.74) is 2.41. The average Bonchev–Trinajstić information content (AvgIpc) is 2.74. The van der Waals surface area contributed by atoms with Crippen molar-refractivity contribution in [3.05, 3.63) is 48.3 Å². The summed E-state index contributed by atoms with van der Waals surface area (Å²) in [6.07, 6.45) is 3.51. The number of hydrogen-bond acceptors (Lipinski definition) is 6. The van der Waals surface area contributed by atoms with Gasteiger partial charge in [0.05, 0.1) is 6.54 Å². The predicted molar refractivity (Wildman–Crippen MR) is 113 cm³/mol. The summed E-state index contributed by atoms with van der Waals surface area (Å²) in [7, 11) is 4.07. The van der Waals surface area contributed by atoms with Gasteiger partial charge in [0.2, 0.25) is 11.9 Å². The van der Waals surface area contributed by atoms with Gasteiger partial charge in [0.15, 0.2) is 0 Å². The number of benzene rings is 1. The van der Waals surface area contributed by atoms with Gasteiger partial charge in [-0.2, -0.15) is 0 Å². The molecule has 2 aromatic rings. The lowest BCUT2D eigenvalue weighted by Crippen LogP contribution is -2.51. The van der Waals surface area contributed by atoms with Crippen molar-refractivity contribution in [1.82, 2.24) is 19.8 Å². The van der Waals surface area contributed by atoms with Crippen LogP contribution in [0.2, 0.25) is 0 Å². The summed E-state index contributed by atoms with van der Waals surface area (Å²) in [5, 5.41) is 0. The summed E-state index contributed by atoms with van der Waals surface area (Å²) in [6, 6.07) is 10.3. The summed E-state index contributed by atoms with van der Waals surface area (Å²) in [6.45, 7) is 7.16. The molecule has 1 aliphatic heterocycles. The Morgan fingerprint density at radius 1 is 1.04 bits per heavy atom. The molecule has 1 aromatic heterocycles. The van der Waals surface area contributed by atoms with Gasteiger partial charge in [-0.25, -0.2) is 9.97 Å². The van der Waals surface area contributed by atoms with Gasteiger partial charge in [0.1, 0.15) is 0 Å². The summed E-state index contributed by atoms with van der Waals surface area (Å²) < 4.78 is 0. The topological polar surface area (TPSA) is 55.8 Å². The molecule has 1 saturated heterocycles. The van der Waals surface area contributed by atoms with E-state index >= 15 is 0 Å². The SMILES string of the molecule is CCN(CC(=O)N1CCN(c2ncccn2)CC1)Cc1ccc(N(C)C)cc1. The fourth-order valence-corrected chi connectivity index (χ4v) is 3.34. The van der Waals surface area contributed by atoms with E-state index in [-0.39, 0.29) is 5.91 Å². The molecule has 7 heteroatoms. The van der Waals surface area contributed by atoms with E-state index in [1.165, 1.54) is 11.3 Å². The maximum Gasteiger partial charge on any atom is 0.236 e. The van der Waals surface area contributed by atoms with Crippen molar-refractivity contribution in [2.45, 2.75) is 13.5 Å². The number of aromatic nitrogens is 2. The molecule has 7 nitrogen and oxygen atoms in total. The van der Waals surface area contributed by atoms with Crippen LogP contribution >= 0.6 is 0 Å². The van der Waals surface area contributed by atoms with E-state index in [4.69, 9.17) is 0 Å². The molecule has 0 bridgehead atoms. The molecular formula is C21H30N6O. The van der Waals surface area contributed by atoms with Crippen molar-refractivity contribution in [2.75, 3.05) is 63.2 Å². The number of carbonyl (C=O) groups excluding carboxylic acids is 1. The van der Waals surface area contributed by atoms with Crippen LogP contribution in [0.4, 0.5) is 11.6 Å². The lowest BCUT2D eigenvalue weighted by Gasteiger charge is -2.35. The molecule has 1 aromatic carbocycles. The number of carbonyl (C=O) groups is 1. The molecular weight excluding hydrogens is 352 g/mol. The molecule has 0 saturated carbocycles. The molecule has 1 amide bonds. The highest BCUT2D eigenvalue weighted by atomic mass is 16.2. The first-order chi connectivity index (χ1) is 13.6. The third-order valence-electron chi connectivity index (χ3n) is 5.13. The minimum absolute atomic E-state index is 0.195. The highest BCUT2D eigenvalue weighted by molar-refractivity contribution is 5.78. The van der Waals surface area contributed by atoms with Gasteiger partial charge in [-0.15, -0.1) is 0 Å². The van der Waals surface area contributed by atoms with Crippen LogP contribution in [0.1, 0.15) is 12.5 Å². The Morgan fingerprint density at radius 2 is 1.68 bits per heavy atom. The predicted octanol–water partition coefficient (Wildman–Crippen LogP) is 1.71. The first kappa shape index (κ1) is 20.1. The molecule has 1 fully saturated rings. The number of rotatable bonds is 7. The second-order valence-corrected chi connectivity index (χ2v) is 7.28. The lowest BCUT2D eigenvalue weighted by molar-refractivity contribution is -0.132. The van der Waals surface area contributed by atoms with Gasteiger partial charge < -0.3 is 14.7 Å². The van der Waals surface area contributed by atoms with Gasteiger partial charge in [0.25, 0.3) is 0 Å². The molecule has 150 valence electrons. The monoisotopic (exact) mass is 382 g/mol. The van der Waals surface area contributed by atoms with Gasteiger partial charge >= 0.3 is 0 Å². The molecule has 28 heavy (non-hydrogen) atoms. The van der Waals surface area contributed by atoms with Gasteiger partial charge in [-0.05, 0) is 30.3 Å². The number of piperazine rings is 1. The fraction of sp³-hybridized carbons (Fsp3) is 0.476. The number of hydrogen-bond donors (Lipinski definition) is 0. The molecule has 2 heterocycles. The molecule has 0 N–H and O–H groups in total. The highest BCUT2D eigenvalue weighted by Crippen LogP contribution is 2.14. The van der Waals surface area contributed by atoms with E-state index in [1.807, 2.05) is 25.1 Å². The first-order valence-corrected chi connectivity index (χ1v) is 9.85. The quantitative estimate of drug-likeness (QED) is 0.727. The molecule has 0 atom stereocenters. The van der Waals surface area contributed by atoms with E-state index in [1.54, 1.807) is 12.4 Å². The van der Waals surface area contributed by atoms with Crippen LogP contribution in [0.25, 0.3) is 0 Å². The van der Waals surface area contributed by atoms with Crippen molar-refractivity contribution in [3.8, 4) is 0 Å². The largest absolute Gasteiger partial charge is 0.378 e. The number of nitrogens with zero attached hydrogens (tertiary/aromatic N) is 6. The smallest absolute Gasteiger partial charge is 0.236 e. The van der Waals surface area contributed by atoms with Crippen LogP contribution in [0.5, 0.6) is 0 Å². The van der Waals surface area contributed by atoms with Gasteiger partial charge in [-0.3, -0.25) is 9.69 Å². The summed E-state index contributed by atoms with van der Waals surface area (Å²) in [5.74, 6) is 0.936. The molecule has 0 aliphatic carbocycles. The van der Waals surface area contributed by atoms with Crippen LogP contribution < -0.4 is 9.80 Å². The Morgan fingerprint density at radius 3 is 2.25 bits per heavy atom. The van der Waals surface area contributed by atoms with E-state index in [0.29, 0.717) is 19.6 Å². The third-order valence-corrected chi connectivity index (χ3v) is 5.13. The third kappa shape index (κ3) is 5.19. The average molecular weight is 383 g/mol. The lowest BCUT2D eigenvalue weighted by atomic mass is 10.2. The normalized spacial score (nSPS) is 14.4. The van der Waals surface area contributed by atoms with Gasteiger partial charge in [0, 0.05) is 64.9 Å². The Hall–Kier alpha value is -2.67. The van der Waals surface area contributed by atoms with E-state index in [2.05, 4.69) is 55.9 Å². The van der Waals surface area contributed by atoms with Gasteiger partial charge in [-0.1, -0.05) is 19.1 Å². The minimum atomic E-state index is 0.195. The van der Waals surface area contributed by atoms with Crippen LogP contribution in [0.3, 0.4) is 0 Å². The molecule has 1 aliphatic rings. The number of likely N-dealkylation sites (N-methyl/N-ethyl adjacent to an activating group) is 1. The zero-order valence-corrected chi connectivity index (χ0v) is 17.1. The van der Waals surface area contributed by atoms with E-state index in [9.17, 15) is 4.79 Å². The minimum Gasteiger partial charge on any atom is -0.378 e. The van der Waals surface area contributed by atoms with Crippen LogP contribution in [0, 0.1) is 0 Å². The molecule has 0 unspecified atom stereocenters. The van der Waals surface area contributed by atoms with E-state index in [0.717, 1.165) is 32.1 Å². The Balaban J connectivity index is 1.50. The number of anilines is 2. The van der Waals surface area contributed by atoms with Crippen molar-refractivity contribution in [1.29, 1.82) is 0 Å². The second kappa shape index (κ2) is 9.50. The Bertz CT molecular complexity index is 741. The Labute approximate surface area is 167 Å². The summed E-state index contributed by atoms with van der Waals surface area (Å²) in [4.78, 5) is 29.7. The zero-order valence-electron chi connectivity index (χ0n) is 17.1. The van der Waals surface area contributed by atoms with Crippen molar-refractivity contribution in [2.24, 2.45) is 0 Å². The number of amides is 1. The Kier molecular flexibility index (Phi) is 6.81. The molecule has 0 spiro atoms. The van der Waals surface area contributed by atoms with E-state index < -0.39 is 0 Å². The van der Waals surface area contributed by atoms with Crippen molar-refractivity contribution in [3.63, 3.8) is 0 Å². The maximum atomic E-state index is 12.8. The molecule has 0 radical (unpaired) electrons. The fourth-order valence-electron chi connectivity index (χ4n) is 3.34. The van der Waals surface area contributed by atoms with Crippen LogP contribution in [-0.2, 0) is 11.3 Å². The maximum absolute atomic E-state index is 12.8. The van der Waals surface area contributed by atoms with Crippen molar-refractivity contribution < 1.29 is 4.79 Å². The second-order valence-electron chi connectivity index (χ2n) is 7.28. The highest BCUT2D eigenvalue weighted by Gasteiger charge is 2.23. The first-order valence-electron chi connectivity index (χ1n) is 9.85.